The van der Waals surface area contributed by atoms with E-state index in [0.717, 1.165) is 21.0 Å². The van der Waals surface area contributed by atoms with E-state index in [-0.39, 0.29) is 35.7 Å². The number of nitrogens with zero attached hydrogens (tertiary/aromatic N) is 2. The molecule has 7 nitrogen and oxygen atoms in total. The molecule has 0 heterocycles. The predicted molar refractivity (Wildman–Crippen MR) is 185 cm³/mol. The van der Waals surface area contributed by atoms with Crippen LogP contribution in [0.5, 0.6) is 0 Å². The van der Waals surface area contributed by atoms with Gasteiger partial charge >= 0.3 is 0 Å². The maximum atomic E-state index is 14.6. The van der Waals surface area contributed by atoms with Crippen molar-refractivity contribution in [2.24, 2.45) is 0 Å². The number of nitrogens with one attached hydrogen (secondary N) is 1. The normalized spacial score (nSPS) is 12.7. The second-order valence-corrected chi connectivity index (χ2v) is 14.0. The number of sulfonamides is 1. The molecule has 9 heteroatoms. The quantitative estimate of drug-likeness (QED) is 0.155. The summed E-state index contributed by atoms with van der Waals surface area (Å²) in [4.78, 5) is 30.0. The minimum atomic E-state index is -4.15. The van der Waals surface area contributed by atoms with Crippen LogP contribution < -0.4 is 9.62 Å². The van der Waals surface area contributed by atoms with Crippen LogP contribution in [0.1, 0.15) is 56.7 Å². The van der Waals surface area contributed by atoms with E-state index in [0.29, 0.717) is 17.1 Å². The molecule has 0 aliphatic heterocycles. The molecule has 0 aliphatic carbocycles. The first-order valence-corrected chi connectivity index (χ1v) is 17.4. The van der Waals surface area contributed by atoms with E-state index in [4.69, 9.17) is 11.6 Å². The molecule has 0 aliphatic rings. The van der Waals surface area contributed by atoms with E-state index in [9.17, 15) is 18.0 Å². The molecule has 4 aromatic rings. The lowest BCUT2D eigenvalue weighted by Crippen LogP contribution is -2.54. The molecule has 0 spiro atoms. The highest BCUT2D eigenvalue weighted by molar-refractivity contribution is 7.92. The topological polar surface area (TPSA) is 86.8 Å². The molecule has 0 radical (unpaired) electrons. The van der Waals surface area contributed by atoms with E-state index in [2.05, 4.69) is 19.2 Å². The van der Waals surface area contributed by atoms with Gasteiger partial charge in [-0.3, -0.25) is 13.9 Å². The molecule has 1 N–H and O–H groups in total. The third-order valence-electron chi connectivity index (χ3n) is 8.00. The molecule has 4 aromatic carbocycles. The van der Waals surface area contributed by atoms with Gasteiger partial charge in [0.2, 0.25) is 11.8 Å². The molecule has 0 aromatic heterocycles. The smallest absolute Gasteiger partial charge is 0.264 e. The standard InChI is InChI=1S/C37H42ClN3O4S/c1-5-28(4)39-37(43)35(24-29-12-8-6-9-13-29)40(25-30-16-20-32(38)21-17-30)36(42)26-41(33-22-18-31(19-23-33)27(2)3)46(44,45)34-14-10-7-11-15-34/h6-23,27-28,35H,5,24-26H2,1-4H3,(H,39,43)/t28-,35+/m0/s1. The number of benzene rings is 4. The van der Waals surface area contributed by atoms with Crippen molar-refractivity contribution in [3.63, 3.8) is 0 Å². The molecule has 0 bridgehead atoms. The largest absolute Gasteiger partial charge is 0.352 e. The van der Waals surface area contributed by atoms with Crippen LogP contribution >= 0.6 is 11.6 Å². The lowest BCUT2D eigenvalue weighted by atomic mass is 10.0. The monoisotopic (exact) mass is 659 g/mol. The number of carbonyl (C=O) groups excluding carboxylic acids is 2. The Kier molecular flexibility index (Phi) is 12.0. The second kappa shape index (κ2) is 15.9. The molecule has 242 valence electrons. The Balaban J connectivity index is 1.80. The number of hydrogen-bond acceptors (Lipinski definition) is 4. The number of halogens is 1. The van der Waals surface area contributed by atoms with Crippen molar-refractivity contribution in [2.75, 3.05) is 10.8 Å². The highest BCUT2D eigenvalue weighted by Gasteiger charge is 2.35. The zero-order valence-electron chi connectivity index (χ0n) is 26.8. The maximum absolute atomic E-state index is 14.6. The fourth-order valence-corrected chi connectivity index (χ4v) is 6.62. The van der Waals surface area contributed by atoms with Crippen molar-refractivity contribution < 1.29 is 18.0 Å². The van der Waals surface area contributed by atoms with Gasteiger partial charge in [0.25, 0.3) is 10.0 Å². The number of rotatable bonds is 14. The summed E-state index contributed by atoms with van der Waals surface area (Å²) in [5.74, 6) is -0.575. The van der Waals surface area contributed by atoms with Crippen molar-refractivity contribution in [3.8, 4) is 0 Å². The second-order valence-electron chi connectivity index (χ2n) is 11.7. The summed E-state index contributed by atoms with van der Waals surface area (Å²) in [6, 6.07) is 30.8. The van der Waals surface area contributed by atoms with Gasteiger partial charge in [0, 0.05) is 24.0 Å². The lowest BCUT2D eigenvalue weighted by Gasteiger charge is -2.34. The van der Waals surface area contributed by atoms with Crippen LogP contribution in [0.15, 0.2) is 114 Å². The highest BCUT2D eigenvalue weighted by atomic mass is 35.5. The van der Waals surface area contributed by atoms with Gasteiger partial charge in [0.05, 0.1) is 10.6 Å². The minimum absolute atomic E-state index is 0.0651. The van der Waals surface area contributed by atoms with Gasteiger partial charge in [-0.1, -0.05) is 105 Å². The molecule has 2 atom stereocenters. The average Bonchev–Trinajstić information content (AvgIpc) is 3.06. The van der Waals surface area contributed by atoms with Gasteiger partial charge in [0.1, 0.15) is 12.6 Å². The molecule has 0 unspecified atom stereocenters. The first kappa shape index (κ1) is 34.7. The fraction of sp³-hybridized carbons (Fsp3) is 0.297. The third-order valence-corrected chi connectivity index (χ3v) is 10.0. The van der Waals surface area contributed by atoms with Crippen molar-refractivity contribution in [1.29, 1.82) is 0 Å². The number of anilines is 1. The fourth-order valence-electron chi connectivity index (χ4n) is 5.06. The Morgan fingerprint density at radius 2 is 1.37 bits per heavy atom. The molecule has 0 saturated carbocycles. The SMILES string of the molecule is CC[C@H](C)NC(=O)[C@@H](Cc1ccccc1)N(Cc1ccc(Cl)cc1)C(=O)CN(c1ccc(C(C)C)cc1)S(=O)(=O)c1ccccc1. The Morgan fingerprint density at radius 3 is 1.93 bits per heavy atom. The maximum Gasteiger partial charge on any atom is 0.264 e. The van der Waals surface area contributed by atoms with Crippen molar-refractivity contribution in [3.05, 3.63) is 131 Å². The first-order chi connectivity index (χ1) is 22.0. The zero-order valence-corrected chi connectivity index (χ0v) is 28.3. The summed E-state index contributed by atoms with van der Waals surface area (Å²) < 4.78 is 29.4. The van der Waals surface area contributed by atoms with Crippen molar-refractivity contribution in [2.45, 2.75) is 70.0 Å². The van der Waals surface area contributed by atoms with E-state index < -0.39 is 28.5 Å². The van der Waals surface area contributed by atoms with Crippen LogP contribution in [0.3, 0.4) is 0 Å². The first-order valence-electron chi connectivity index (χ1n) is 15.6. The predicted octanol–water partition coefficient (Wildman–Crippen LogP) is 7.21. The van der Waals surface area contributed by atoms with E-state index in [1.165, 1.54) is 17.0 Å². The van der Waals surface area contributed by atoms with Gasteiger partial charge in [0.15, 0.2) is 0 Å². The van der Waals surface area contributed by atoms with Crippen molar-refractivity contribution in [1.82, 2.24) is 10.2 Å². The summed E-state index contributed by atoms with van der Waals surface area (Å²) in [6.07, 6.45) is 0.960. The Labute approximate surface area is 278 Å². The molecular formula is C37H42ClN3O4S. The van der Waals surface area contributed by atoms with Crippen LogP contribution in [-0.2, 0) is 32.6 Å². The molecule has 2 amide bonds. The van der Waals surface area contributed by atoms with Crippen LogP contribution in [-0.4, -0.2) is 43.8 Å². The van der Waals surface area contributed by atoms with Crippen LogP contribution in [0.2, 0.25) is 5.02 Å². The summed E-state index contributed by atoms with van der Waals surface area (Å²) in [5.41, 5.74) is 3.03. The minimum Gasteiger partial charge on any atom is -0.352 e. The van der Waals surface area contributed by atoms with E-state index in [1.807, 2.05) is 56.3 Å². The molecule has 0 saturated heterocycles. The van der Waals surface area contributed by atoms with Gasteiger partial charge in [-0.2, -0.15) is 0 Å². The summed E-state index contributed by atoms with van der Waals surface area (Å²) in [6.45, 7) is 7.58. The number of amides is 2. The summed E-state index contributed by atoms with van der Waals surface area (Å²) in [7, 11) is -4.15. The van der Waals surface area contributed by atoms with Gasteiger partial charge in [-0.05, 0) is 72.4 Å². The lowest BCUT2D eigenvalue weighted by molar-refractivity contribution is -0.140. The van der Waals surface area contributed by atoms with Crippen LogP contribution in [0, 0.1) is 0 Å². The van der Waals surface area contributed by atoms with Gasteiger partial charge in [-0.25, -0.2) is 8.42 Å². The Bertz CT molecular complexity index is 1680. The molecular weight excluding hydrogens is 618 g/mol. The van der Waals surface area contributed by atoms with Crippen LogP contribution in [0.4, 0.5) is 5.69 Å². The average molecular weight is 660 g/mol. The Morgan fingerprint density at radius 1 is 0.783 bits per heavy atom. The van der Waals surface area contributed by atoms with Gasteiger partial charge < -0.3 is 10.2 Å². The Hall–Kier alpha value is -4.14. The number of carbonyl (C=O) groups is 2. The zero-order chi connectivity index (χ0) is 33.3. The van der Waals surface area contributed by atoms with E-state index >= 15 is 0 Å². The highest BCUT2D eigenvalue weighted by Crippen LogP contribution is 2.27. The molecule has 4 rings (SSSR count). The molecule has 46 heavy (non-hydrogen) atoms. The van der Waals surface area contributed by atoms with Crippen LogP contribution in [0.25, 0.3) is 0 Å². The summed E-state index contributed by atoms with van der Waals surface area (Å²) >= 11 is 6.16. The van der Waals surface area contributed by atoms with E-state index in [1.54, 1.807) is 54.6 Å². The third kappa shape index (κ3) is 8.98. The number of hydrogen-bond donors (Lipinski definition) is 1. The summed E-state index contributed by atoms with van der Waals surface area (Å²) in [5, 5.41) is 3.60. The van der Waals surface area contributed by atoms with Gasteiger partial charge in [-0.15, -0.1) is 0 Å². The van der Waals surface area contributed by atoms with Crippen molar-refractivity contribution >= 4 is 39.1 Å². The molecule has 0 fully saturated rings.